The van der Waals surface area contributed by atoms with Crippen molar-refractivity contribution in [2.75, 3.05) is 21.3 Å². The highest BCUT2D eigenvalue weighted by Crippen LogP contribution is 2.32. The fraction of sp³-hybridized carbons (Fsp3) is 0.381. The highest BCUT2D eigenvalue weighted by Gasteiger charge is 2.31. The average Bonchev–Trinajstić information content (AvgIpc) is 3.01. The first-order valence-electron chi connectivity index (χ1n) is 8.92. The lowest BCUT2D eigenvalue weighted by atomic mass is 10.0. The Hall–Kier alpha value is -2.89. The van der Waals surface area contributed by atoms with Gasteiger partial charge in [0.1, 0.15) is 0 Å². The second-order valence-electron chi connectivity index (χ2n) is 6.61. The zero-order valence-electron chi connectivity index (χ0n) is 15.9. The number of likely N-dealkylation sites (tertiary alicyclic amines) is 1. The summed E-state index contributed by atoms with van der Waals surface area (Å²) >= 11 is 0. The van der Waals surface area contributed by atoms with E-state index in [1.54, 1.807) is 26.4 Å². The normalized spacial score (nSPS) is 16.5. The van der Waals surface area contributed by atoms with Crippen molar-refractivity contribution in [1.29, 1.82) is 0 Å². The van der Waals surface area contributed by atoms with Gasteiger partial charge in [0.15, 0.2) is 23.0 Å². The first-order valence-corrected chi connectivity index (χ1v) is 8.92. The van der Waals surface area contributed by atoms with Crippen LogP contribution in [0.5, 0.6) is 23.0 Å². The number of carbonyl (C=O) groups is 1. The number of hydrogen-bond acceptors (Lipinski definition) is 5. The third-order valence-electron chi connectivity index (χ3n) is 4.97. The Bertz CT molecular complexity index is 820. The molecule has 2 aromatic carbocycles. The van der Waals surface area contributed by atoms with Crippen molar-refractivity contribution in [3.05, 3.63) is 47.5 Å². The van der Waals surface area contributed by atoms with Gasteiger partial charge in [-0.2, -0.15) is 0 Å². The Morgan fingerprint density at radius 1 is 0.963 bits per heavy atom. The summed E-state index contributed by atoms with van der Waals surface area (Å²) in [6.45, 7) is 0.467. The Labute approximate surface area is 159 Å². The molecule has 1 atom stereocenters. The molecule has 6 nitrogen and oxygen atoms in total. The van der Waals surface area contributed by atoms with Crippen LogP contribution >= 0.6 is 0 Å². The molecule has 1 saturated heterocycles. The van der Waals surface area contributed by atoms with Crippen LogP contribution in [-0.2, 0) is 17.8 Å². The molecule has 0 radical (unpaired) electrons. The molecule has 1 fully saturated rings. The minimum absolute atomic E-state index is 0.0816. The molecule has 1 aliphatic heterocycles. The lowest BCUT2D eigenvalue weighted by Crippen LogP contribution is -2.33. The number of ether oxygens (including phenoxy) is 3. The lowest BCUT2D eigenvalue weighted by Gasteiger charge is -2.25. The molecule has 0 aromatic heterocycles. The summed E-state index contributed by atoms with van der Waals surface area (Å²) in [5.74, 6) is 2.02. The SMILES string of the molecule is COc1ccc(CN2C(=O)CCC2Cc2ccc(OC)c(OC)c2)cc1O. The van der Waals surface area contributed by atoms with Crippen molar-refractivity contribution in [2.24, 2.45) is 0 Å². The number of aromatic hydroxyl groups is 1. The number of hydrogen-bond donors (Lipinski definition) is 1. The summed E-state index contributed by atoms with van der Waals surface area (Å²) in [5, 5.41) is 9.99. The molecular weight excluding hydrogens is 346 g/mol. The minimum atomic E-state index is 0.0816. The van der Waals surface area contributed by atoms with Crippen molar-refractivity contribution in [3.8, 4) is 23.0 Å². The van der Waals surface area contributed by atoms with Gasteiger partial charge in [0.2, 0.25) is 5.91 Å². The number of phenols is 1. The maximum absolute atomic E-state index is 12.4. The molecule has 0 aliphatic carbocycles. The van der Waals surface area contributed by atoms with E-state index in [1.165, 1.54) is 7.11 Å². The van der Waals surface area contributed by atoms with Gasteiger partial charge in [-0.15, -0.1) is 0 Å². The molecule has 144 valence electrons. The smallest absolute Gasteiger partial charge is 0.223 e. The van der Waals surface area contributed by atoms with Crippen molar-refractivity contribution in [1.82, 2.24) is 4.90 Å². The second kappa shape index (κ2) is 8.20. The number of methoxy groups -OCH3 is 3. The molecule has 1 unspecified atom stereocenters. The van der Waals surface area contributed by atoms with Crippen molar-refractivity contribution in [2.45, 2.75) is 31.8 Å². The monoisotopic (exact) mass is 371 g/mol. The number of nitrogens with zero attached hydrogens (tertiary/aromatic N) is 1. The van der Waals surface area contributed by atoms with E-state index in [0.717, 1.165) is 24.0 Å². The molecule has 1 N–H and O–H groups in total. The Morgan fingerprint density at radius 2 is 1.63 bits per heavy atom. The van der Waals surface area contributed by atoms with Gasteiger partial charge in [-0.3, -0.25) is 4.79 Å². The number of benzene rings is 2. The third kappa shape index (κ3) is 4.10. The Morgan fingerprint density at radius 3 is 2.30 bits per heavy atom. The van der Waals surface area contributed by atoms with Crippen LogP contribution in [0.25, 0.3) is 0 Å². The van der Waals surface area contributed by atoms with E-state index in [1.807, 2.05) is 29.2 Å². The highest BCUT2D eigenvalue weighted by molar-refractivity contribution is 5.78. The lowest BCUT2D eigenvalue weighted by molar-refractivity contribution is -0.129. The Balaban J connectivity index is 1.75. The summed E-state index contributed by atoms with van der Waals surface area (Å²) in [4.78, 5) is 14.3. The summed E-state index contributed by atoms with van der Waals surface area (Å²) in [6, 6.07) is 11.2. The largest absolute Gasteiger partial charge is 0.504 e. The van der Waals surface area contributed by atoms with Crippen LogP contribution < -0.4 is 14.2 Å². The van der Waals surface area contributed by atoms with Crippen LogP contribution in [0.4, 0.5) is 0 Å². The fourth-order valence-corrected chi connectivity index (χ4v) is 3.53. The molecule has 3 rings (SSSR count). The fourth-order valence-electron chi connectivity index (χ4n) is 3.53. The van der Waals surface area contributed by atoms with Crippen LogP contribution in [0.15, 0.2) is 36.4 Å². The molecule has 6 heteroatoms. The zero-order valence-corrected chi connectivity index (χ0v) is 15.9. The van der Waals surface area contributed by atoms with Gasteiger partial charge in [-0.25, -0.2) is 0 Å². The van der Waals surface area contributed by atoms with Gasteiger partial charge < -0.3 is 24.2 Å². The molecule has 1 aliphatic rings. The predicted octanol–water partition coefficient (Wildman–Crippen LogP) is 3.15. The van der Waals surface area contributed by atoms with Gasteiger partial charge >= 0.3 is 0 Å². The molecule has 0 bridgehead atoms. The molecular formula is C21H25NO5. The second-order valence-corrected chi connectivity index (χ2v) is 6.61. The molecule has 2 aromatic rings. The first-order chi connectivity index (χ1) is 13.0. The highest BCUT2D eigenvalue weighted by atomic mass is 16.5. The molecule has 1 heterocycles. The van der Waals surface area contributed by atoms with E-state index < -0.39 is 0 Å². The number of amides is 1. The topological polar surface area (TPSA) is 68.2 Å². The summed E-state index contributed by atoms with van der Waals surface area (Å²) in [5.41, 5.74) is 1.97. The summed E-state index contributed by atoms with van der Waals surface area (Å²) in [6.07, 6.45) is 2.10. The van der Waals surface area contributed by atoms with E-state index in [2.05, 4.69) is 0 Å². The van der Waals surface area contributed by atoms with E-state index in [0.29, 0.717) is 30.2 Å². The van der Waals surface area contributed by atoms with Crippen molar-refractivity contribution in [3.63, 3.8) is 0 Å². The van der Waals surface area contributed by atoms with Gasteiger partial charge in [0.05, 0.1) is 21.3 Å². The average molecular weight is 371 g/mol. The Kier molecular flexibility index (Phi) is 5.74. The maximum Gasteiger partial charge on any atom is 0.223 e. The van der Waals surface area contributed by atoms with Crippen LogP contribution in [0.1, 0.15) is 24.0 Å². The van der Waals surface area contributed by atoms with Crippen molar-refractivity contribution < 1.29 is 24.1 Å². The van der Waals surface area contributed by atoms with Crippen LogP contribution in [0, 0.1) is 0 Å². The van der Waals surface area contributed by atoms with Crippen LogP contribution in [0.3, 0.4) is 0 Å². The van der Waals surface area contributed by atoms with Crippen LogP contribution in [0.2, 0.25) is 0 Å². The van der Waals surface area contributed by atoms with Crippen molar-refractivity contribution >= 4 is 5.91 Å². The standard InChI is InChI=1S/C21H25NO5/c1-25-18-7-5-15(11-17(18)23)13-22-16(6-9-21(22)24)10-14-4-8-19(26-2)20(12-14)27-3/h4-5,7-8,11-12,16,23H,6,9-10,13H2,1-3H3. The molecule has 0 spiro atoms. The van der Waals surface area contributed by atoms with E-state index in [9.17, 15) is 9.90 Å². The molecule has 27 heavy (non-hydrogen) atoms. The van der Waals surface area contributed by atoms with Gasteiger partial charge in [-0.1, -0.05) is 12.1 Å². The summed E-state index contributed by atoms with van der Waals surface area (Å²) in [7, 11) is 4.74. The van der Waals surface area contributed by atoms with Crippen LogP contribution in [-0.4, -0.2) is 43.3 Å². The third-order valence-corrected chi connectivity index (χ3v) is 4.97. The number of rotatable bonds is 7. The van der Waals surface area contributed by atoms with Gasteiger partial charge in [-0.05, 0) is 48.2 Å². The summed E-state index contributed by atoms with van der Waals surface area (Å²) < 4.78 is 15.7. The first kappa shape index (κ1) is 18.9. The van der Waals surface area contributed by atoms with E-state index in [-0.39, 0.29) is 17.7 Å². The predicted molar refractivity (Wildman–Crippen MR) is 101 cm³/mol. The minimum Gasteiger partial charge on any atom is -0.504 e. The quantitative estimate of drug-likeness (QED) is 0.810. The van der Waals surface area contributed by atoms with E-state index >= 15 is 0 Å². The molecule has 1 amide bonds. The van der Waals surface area contributed by atoms with Gasteiger partial charge in [0, 0.05) is 19.0 Å². The number of carbonyl (C=O) groups excluding carboxylic acids is 1. The van der Waals surface area contributed by atoms with Gasteiger partial charge in [0.25, 0.3) is 0 Å². The number of phenolic OH excluding ortho intramolecular Hbond substituents is 1. The zero-order chi connectivity index (χ0) is 19.4. The molecule has 0 saturated carbocycles. The maximum atomic E-state index is 12.4. The van der Waals surface area contributed by atoms with E-state index in [4.69, 9.17) is 14.2 Å².